The molecule has 0 aliphatic carbocycles. The second-order valence-corrected chi connectivity index (χ2v) is 5.60. The molecule has 0 radical (unpaired) electrons. The van der Waals surface area contributed by atoms with Crippen molar-refractivity contribution in [3.05, 3.63) is 52.0 Å². The van der Waals surface area contributed by atoms with Crippen LogP contribution in [-0.2, 0) is 6.61 Å². The molecule has 0 saturated carbocycles. The van der Waals surface area contributed by atoms with Crippen molar-refractivity contribution in [2.75, 3.05) is 0 Å². The standard InChI is InChI=1S/C15H16FNO2S/c1-10(2)17-15(18)14-7-11(9-20-14)8-19-13-5-3-12(16)4-6-13/h3-7,9-10H,8H2,1-2H3,(H,17,18). The van der Waals surface area contributed by atoms with E-state index < -0.39 is 0 Å². The van der Waals surface area contributed by atoms with E-state index >= 15 is 0 Å². The summed E-state index contributed by atoms with van der Waals surface area (Å²) in [6.45, 7) is 4.20. The molecule has 2 aromatic rings. The fourth-order valence-corrected chi connectivity index (χ4v) is 2.40. The van der Waals surface area contributed by atoms with Crippen molar-refractivity contribution in [1.29, 1.82) is 0 Å². The summed E-state index contributed by atoms with van der Waals surface area (Å²) in [5.74, 6) is 0.240. The van der Waals surface area contributed by atoms with Crippen molar-refractivity contribution in [1.82, 2.24) is 5.32 Å². The van der Waals surface area contributed by atoms with E-state index in [0.717, 1.165) is 5.56 Å². The maximum atomic E-state index is 12.7. The normalized spacial score (nSPS) is 10.6. The van der Waals surface area contributed by atoms with Gasteiger partial charge >= 0.3 is 0 Å². The summed E-state index contributed by atoms with van der Waals surface area (Å²) < 4.78 is 18.3. The first-order chi connectivity index (χ1) is 9.54. The van der Waals surface area contributed by atoms with Gasteiger partial charge in [0.25, 0.3) is 5.91 Å². The lowest BCUT2D eigenvalue weighted by Gasteiger charge is -2.06. The largest absolute Gasteiger partial charge is 0.489 e. The molecule has 1 aromatic carbocycles. The van der Waals surface area contributed by atoms with Crippen LogP contribution in [0.3, 0.4) is 0 Å². The van der Waals surface area contributed by atoms with Gasteiger partial charge < -0.3 is 10.1 Å². The van der Waals surface area contributed by atoms with Crippen LogP contribution in [0.2, 0.25) is 0 Å². The lowest BCUT2D eigenvalue weighted by atomic mass is 10.3. The highest BCUT2D eigenvalue weighted by Gasteiger charge is 2.10. The fraction of sp³-hybridized carbons (Fsp3) is 0.267. The van der Waals surface area contributed by atoms with Gasteiger partial charge in [-0.25, -0.2) is 4.39 Å². The van der Waals surface area contributed by atoms with Gasteiger partial charge in [0.05, 0.1) is 4.88 Å². The van der Waals surface area contributed by atoms with E-state index in [1.165, 1.54) is 23.5 Å². The molecule has 0 spiro atoms. The predicted octanol–water partition coefficient (Wildman–Crippen LogP) is 3.60. The molecular weight excluding hydrogens is 277 g/mol. The second-order valence-electron chi connectivity index (χ2n) is 4.69. The molecule has 3 nitrogen and oxygen atoms in total. The van der Waals surface area contributed by atoms with Gasteiger partial charge in [-0.3, -0.25) is 4.79 Å². The molecule has 20 heavy (non-hydrogen) atoms. The number of nitrogens with one attached hydrogen (secondary N) is 1. The van der Waals surface area contributed by atoms with Crippen molar-refractivity contribution in [2.24, 2.45) is 0 Å². The minimum absolute atomic E-state index is 0.0713. The molecule has 0 aliphatic rings. The Bertz CT molecular complexity index is 578. The molecule has 106 valence electrons. The summed E-state index contributed by atoms with van der Waals surface area (Å²) in [5, 5.41) is 4.73. The van der Waals surface area contributed by atoms with E-state index in [-0.39, 0.29) is 17.8 Å². The molecule has 0 unspecified atom stereocenters. The molecule has 0 fully saturated rings. The van der Waals surface area contributed by atoms with Crippen molar-refractivity contribution < 1.29 is 13.9 Å². The van der Waals surface area contributed by atoms with E-state index in [0.29, 0.717) is 17.2 Å². The topological polar surface area (TPSA) is 38.3 Å². The molecule has 1 heterocycles. The van der Waals surface area contributed by atoms with Gasteiger partial charge in [-0.2, -0.15) is 0 Å². The summed E-state index contributed by atoms with van der Waals surface area (Å²) in [4.78, 5) is 12.5. The van der Waals surface area contributed by atoms with Gasteiger partial charge in [0.2, 0.25) is 0 Å². The second kappa shape index (κ2) is 6.52. The van der Waals surface area contributed by atoms with Crippen LogP contribution in [-0.4, -0.2) is 11.9 Å². The number of amides is 1. The number of hydrogen-bond donors (Lipinski definition) is 1. The van der Waals surface area contributed by atoms with Crippen LogP contribution < -0.4 is 10.1 Å². The monoisotopic (exact) mass is 293 g/mol. The van der Waals surface area contributed by atoms with E-state index in [2.05, 4.69) is 5.32 Å². The molecule has 1 N–H and O–H groups in total. The van der Waals surface area contributed by atoms with E-state index in [1.807, 2.05) is 25.3 Å². The van der Waals surface area contributed by atoms with Crippen LogP contribution in [0.15, 0.2) is 35.7 Å². The van der Waals surface area contributed by atoms with Gasteiger partial charge in [-0.05, 0) is 49.6 Å². The first-order valence-electron chi connectivity index (χ1n) is 6.31. The summed E-state index contributed by atoms with van der Waals surface area (Å²) in [7, 11) is 0. The average molecular weight is 293 g/mol. The minimum Gasteiger partial charge on any atom is -0.489 e. The van der Waals surface area contributed by atoms with Crippen molar-refractivity contribution >= 4 is 17.2 Å². The summed E-state index contributed by atoms with van der Waals surface area (Å²) in [6.07, 6.45) is 0. The number of carbonyl (C=O) groups excluding carboxylic acids is 1. The Morgan fingerprint density at radius 1 is 1.35 bits per heavy atom. The number of hydrogen-bond acceptors (Lipinski definition) is 3. The lowest BCUT2D eigenvalue weighted by Crippen LogP contribution is -2.29. The zero-order chi connectivity index (χ0) is 14.5. The molecule has 1 aromatic heterocycles. The maximum absolute atomic E-state index is 12.7. The summed E-state index contributed by atoms with van der Waals surface area (Å²) in [6, 6.07) is 7.78. The predicted molar refractivity (Wildman–Crippen MR) is 77.7 cm³/mol. The number of ether oxygens (including phenoxy) is 1. The Balaban J connectivity index is 1.92. The minimum atomic E-state index is -0.291. The zero-order valence-electron chi connectivity index (χ0n) is 11.4. The number of halogens is 1. The highest BCUT2D eigenvalue weighted by atomic mass is 32.1. The van der Waals surface area contributed by atoms with Gasteiger partial charge in [0, 0.05) is 11.6 Å². The van der Waals surface area contributed by atoms with Crippen molar-refractivity contribution in [3.63, 3.8) is 0 Å². The number of benzene rings is 1. The van der Waals surface area contributed by atoms with Crippen molar-refractivity contribution in [3.8, 4) is 5.75 Å². The molecule has 0 bridgehead atoms. The van der Waals surface area contributed by atoms with Gasteiger partial charge in [0.1, 0.15) is 18.2 Å². The third-order valence-corrected chi connectivity index (χ3v) is 3.49. The maximum Gasteiger partial charge on any atom is 0.261 e. The fourth-order valence-electron chi connectivity index (χ4n) is 1.60. The number of rotatable bonds is 5. The Kier molecular flexibility index (Phi) is 4.74. The van der Waals surface area contributed by atoms with Crippen LogP contribution in [0.25, 0.3) is 0 Å². The first kappa shape index (κ1) is 14.5. The van der Waals surface area contributed by atoms with Crippen LogP contribution in [0.1, 0.15) is 29.1 Å². The van der Waals surface area contributed by atoms with Crippen LogP contribution >= 0.6 is 11.3 Å². The lowest BCUT2D eigenvalue weighted by molar-refractivity contribution is 0.0947. The average Bonchev–Trinajstić information content (AvgIpc) is 2.86. The van der Waals surface area contributed by atoms with Crippen LogP contribution in [0.5, 0.6) is 5.75 Å². The molecule has 0 saturated heterocycles. The molecule has 2 rings (SSSR count). The smallest absolute Gasteiger partial charge is 0.261 e. The Hall–Kier alpha value is -1.88. The Morgan fingerprint density at radius 2 is 2.05 bits per heavy atom. The van der Waals surface area contributed by atoms with Gasteiger partial charge in [0.15, 0.2) is 0 Å². The van der Waals surface area contributed by atoms with Crippen LogP contribution in [0, 0.1) is 5.82 Å². The number of carbonyl (C=O) groups is 1. The summed E-state index contributed by atoms with van der Waals surface area (Å²) >= 11 is 1.39. The molecular formula is C15H16FNO2S. The first-order valence-corrected chi connectivity index (χ1v) is 7.19. The SMILES string of the molecule is CC(C)NC(=O)c1cc(COc2ccc(F)cc2)cs1. The summed E-state index contributed by atoms with van der Waals surface area (Å²) in [5.41, 5.74) is 0.924. The molecule has 5 heteroatoms. The Labute approximate surface area is 121 Å². The third-order valence-electron chi connectivity index (χ3n) is 2.52. The van der Waals surface area contributed by atoms with E-state index in [9.17, 15) is 9.18 Å². The van der Waals surface area contributed by atoms with Gasteiger partial charge in [-0.1, -0.05) is 0 Å². The number of thiophene rings is 1. The van der Waals surface area contributed by atoms with Crippen molar-refractivity contribution in [2.45, 2.75) is 26.5 Å². The molecule has 0 aliphatic heterocycles. The highest BCUT2D eigenvalue weighted by molar-refractivity contribution is 7.12. The zero-order valence-corrected chi connectivity index (χ0v) is 12.2. The third kappa shape index (κ3) is 4.06. The van der Waals surface area contributed by atoms with E-state index in [4.69, 9.17) is 4.74 Å². The Morgan fingerprint density at radius 3 is 2.70 bits per heavy atom. The highest BCUT2D eigenvalue weighted by Crippen LogP contribution is 2.18. The van der Waals surface area contributed by atoms with Crippen LogP contribution in [0.4, 0.5) is 4.39 Å². The quantitative estimate of drug-likeness (QED) is 0.914. The molecule has 1 amide bonds. The molecule has 0 atom stereocenters. The van der Waals surface area contributed by atoms with E-state index in [1.54, 1.807) is 12.1 Å². The van der Waals surface area contributed by atoms with Gasteiger partial charge in [-0.15, -0.1) is 11.3 Å².